The Hall–Kier alpha value is -2.23. The molecule has 2 heterocycles. The number of halogens is 3. The van der Waals surface area contributed by atoms with Crippen LogP contribution in [0.5, 0.6) is 0 Å². The normalized spacial score (nSPS) is 12.4. The molecule has 0 fully saturated rings. The van der Waals surface area contributed by atoms with Crippen LogP contribution in [0.4, 0.5) is 13.2 Å². The molecule has 0 atom stereocenters. The molecule has 3 rings (SSSR count). The maximum absolute atomic E-state index is 13.1. The summed E-state index contributed by atoms with van der Waals surface area (Å²) >= 11 is 1.52. The average molecular weight is 426 g/mol. The van der Waals surface area contributed by atoms with Gasteiger partial charge >= 0.3 is 6.18 Å². The van der Waals surface area contributed by atoms with Gasteiger partial charge in [-0.1, -0.05) is 12.1 Å². The predicted molar refractivity (Wildman–Crippen MR) is 101 cm³/mol. The van der Waals surface area contributed by atoms with E-state index < -0.39 is 21.8 Å². The fraction of sp³-hybridized carbons (Fsp3) is 0.211. The molecule has 2 aromatic heterocycles. The number of hydrogen-bond acceptors (Lipinski definition) is 4. The molecule has 0 N–H and O–H groups in total. The molecule has 4 nitrogen and oxygen atoms in total. The maximum Gasteiger partial charge on any atom is 0.416 e. The van der Waals surface area contributed by atoms with E-state index in [9.17, 15) is 21.6 Å². The average Bonchev–Trinajstić information content (AvgIpc) is 3.19. The van der Waals surface area contributed by atoms with E-state index in [1.807, 2.05) is 17.5 Å². The molecule has 0 aliphatic carbocycles. The molecule has 28 heavy (non-hydrogen) atoms. The number of rotatable bonds is 7. The Morgan fingerprint density at radius 1 is 1.04 bits per heavy atom. The predicted octanol–water partition coefficient (Wildman–Crippen LogP) is 4.60. The van der Waals surface area contributed by atoms with Crippen molar-refractivity contribution in [3.63, 3.8) is 0 Å². The monoisotopic (exact) mass is 426 g/mol. The molecular weight excluding hydrogens is 409 g/mol. The summed E-state index contributed by atoms with van der Waals surface area (Å²) in [5.41, 5.74) is -0.187. The minimum Gasteiger partial charge on any atom is -0.264 e. The molecule has 148 valence electrons. The molecule has 0 saturated heterocycles. The standard InChI is InChI=1S/C19H17F3N2O2S2/c20-19(21,22)16-5-7-18(8-6-16)28(25,26)24(11-9-17-4-2-12-27-17)14-15-3-1-10-23-13-15/h1-8,10,12-13H,9,11,14H2. The molecule has 0 spiro atoms. The van der Waals surface area contributed by atoms with E-state index in [1.165, 1.54) is 15.6 Å². The van der Waals surface area contributed by atoms with Crippen molar-refractivity contribution in [1.29, 1.82) is 0 Å². The van der Waals surface area contributed by atoms with Crippen LogP contribution in [0.1, 0.15) is 16.0 Å². The summed E-state index contributed by atoms with van der Waals surface area (Å²) in [6.07, 6.45) is -0.848. The molecule has 0 aliphatic heterocycles. The fourth-order valence-corrected chi connectivity index (χ4v) is 4.76. The van der Waals surface area contributed by atoms with E-state index in [-0.39, 0.29) is 18.0 Å². The highest BCUT2D eigenvalue weighted by atomic mass is 32.2. The highest BCUT2D eigenvalue weighted by Crippen LogP contribution is 2.30. The fourth-order valence-electron chi connectivity index (χ4n) is 2.63. The van der Waals surface area contributed by atoms with Gasteiger partial charge in [-0.3, -0.25) is 4.98 Å². The van der Waals surface area contributed by atoms with Crippen molar-refractivity contribution in [1.82, 2.24) is 9.29 Å². The zero-order chi connectivity index (χ0) is 20.2. The zero-order valence-corrected chi connectivity index (χ0v) is 16.3. The number of alkyl halides is 3. The molecule has 9 heteroatoms. The minimum atomic E-state index is -4.52. The summed E-state index contributed by atoms with van der Waals surface area (Å²) in [6, 6.07) is 10.8. The van der Waals surface area contributed by atoms with Gasteiger partial charge < -0.3 is 0 Å². The first-order valence-corrected chi connectivity index (χ1v) is 10.7. The van der Waals surface area contributed by atoms with Crippen LogP contribution in [-0.2, 0) is 29.2 Å². The van der Waals surface area contributed by atoms with Crippen molar-refractivity contribution in [2.24, 2.45) is 0 Å². The number of hydrogen-bond donors (Lipinski definition) is 0. The van der Waals surface area contributed by atoms with Crippen LogP contribution in [0.3, 0.4) is 0 Å². The SMILES string of the molecule is O=S(=O)(c1ccc(C(F)(F)F)cc1)N(CCc1cccs1)Cc1cccnc1. The molecular formula is C19H17F3N2O2S2. The summed E-state index contributed by atoms with van der Waals surface area (Å²) in [5, 5.41) is 1.91. The molecule has 0 saturated carbocycles. The number of thiophene rings is 1. The Morgan fingerprint density at radius 3 is 2.36 bits per heavy atom. The first kappa shape index (κ1) is 20.5. The number of aromatic nitrogens is 1. The summed E-state index contributed by atoms with van der Waals surface area (Å²) < 4.78 is 65.8. The van der Waals surface area contributed by atoms with E-state index in [0.29, 0.717) is 12.0 Å². The van der Waals surface area contributed by atoms with Crippen molar-refractivity contribution in [3.05, 3.63) is 82.3 Å². The lowest BCUT2D eigenvalue weighted by Gasteiger charge is -2.22. The first-order valence-electron chi connectivity index (χ1n) is 8.35. The molecule has 0 aliphatic rings. The number of pyridine rings is 1. The molecule has 0 unspecified atom stereocenters. The van der Waals surface area contributed by atoms with Crippen LogP contribution >= 0.6 is 11.3 Å². The van der Waals surface area contributed by atoms with Crippen molar-refractivity contribution < 1.29 is 21.6 Å². The second kappa shape index (κ2) is 8.42. The molecule has 1 aromatic carbocycles. The largest absolute Gasteiger partial charge is 0.416 e. The Kier molecular flexibility index (Phi) is 6.17. The van der Waals surface area contributed by atoms with Gasteiger partial charge in [-0.2, -0.15) is 17.5 Å². The van der Waals surface area contributed by atoms with Crippen LogP contribution in [0.15, 0.2) is 71.2 Å². The van der Waals surface area contributed by atoms with Crippen LogP contribution in [0.25, 0.3) is 0 Å². The molecule has 0 amide bonds. The summed E-state index contributed by atoms with van der Waals surface area (Å²) in [7, 11) is -3.97. The van der Waals surface area contributed by atoms with Gasteiger partial charge in [-0.15, -0.1) is 11.3 Å². The second-order valence-corrected chi connectivity index (χ2v) is 9.02. The Morgan fingerprint density at radius 2 is 1.79 bits per heavy atom. The van der Waals surface area contributed by atoms with Crippen molar-refractivity contribution in [3.8, 4) is 0 Å². The second-order valence-electron chi connectivity index (χ2n) is 6.05. The van der Waals surface area contributed by atoms with Crippen LogP contribution in [-0.4, -0.2) is 24.3 Å². The van der Waals surface area contributed by atoms with Gasteiger partial charge in [0.15, 0.2) is 0 Å². The smallest absolute Gasteiger partial charge is 0.264 e. The van der Waals surface area contributed by atoms with Crippen LogP contribution in [0.2, 0.25) is 0 Å². The lowest BCUT2D eigenvalue weighted by atomic mass is 10.2. The Bertz CT molecular complexity index is 988. The van der Waals surface area contributed by atoms with Crippen LogP contribution < -0.4 is 0 Å². The Balaban J connectivity index is 1.88. The number of nitrogens with zero attached hydrogens (tertiary/aromatic N) is 2. The summed E-state index contributed by atoms with van der Waals surface area (Å²) in [4.78, 5) is 4.85. The summed E-state index contributed by atoms with van der Waals surface area (Å²) in [5.74, 6) is 0. The minimum absolute atomic E-state index is 0.0859. The van der Waals surface area contributed by atoms with E-state index in [1.54, 1.807) is 24.5 Å². The van der Waals surface area contributed by atoms with Crippen molar-refractivity contribution >= 4 is 21.4 Å². The van der Waals surface area contributed by atoms with Gasteiger partial charge in [0.25, 0.3) is 0 Å². The third-order valence-electron chi connectivity index (χ3n) is 4.09. The quantitative estimate of drug-likeness (QED) is 0.555. The van der Waals surface area contributed by atoms with Gasteiger partial charge in [-0.25, -0.2) is 8.42 Å². The third kappa shape index (κ3) is 4.98. The summed E-state index contributed by atoms with van der Waals surface area (Å²) in [6.45, 7) is 0.293. The van der Waals surface area contributed by atoms with Gasteiger partial charge in [0, 0.05) is 30.4 Å². The lowest BCUT2D eigenvalue weighted by molar-refractivity contribution is -0.137. The Labute approximate surface area is 165 Å². The first-order chi connectivity index (χ1) is 13.3. The zero-order valence-electron chi connectivity index (χ0n) is 14.6. The number of sulfonamides is 1. The highest BCUT2D eigenvalue weighted by Gasteiger charge is 2.31. The molecule has 3 aromatic rings. The topological polar surface area (TPSA) is 50.3 Å². The van der Waals surface area contributed by atoms with E-state index in [0.717, 1.165) is 29.1 Å². The van der Waals surface area contributed by atoms with Gasteiger partial charge in [-0.05, 0) is 53.8 Å². The molecule has 0 bridgehead atoms. The van der Waals surface area contributed by atoms with Crippen LogP contribution in [0, 0.1) is 0 Å². The van der Waals surface area contributed by atoms with E-state index in [2.05, 4.69) is 4.98 Å². The van der Waals surface area contributed by atoms with Gasteiger partial charge in [0.05, 0.1) is 10.5 Å². The highest BCUT2D eigenvalue weighted by molar-refractivity contribution is 7.89. The van der Waals surface area contributed by atoms with Crippen molar-refractivity contribution in [2.75, 3.05) is 6.54 Å². The van der Waals surface area contributed by atoms with E-state index >= 15 is 0 Å². The van der Waals surface area contributed by atoms with Crippen molar-refractivity contribution in [2.45, 2.75) is 24.0 Å². The van der Waals surface area contributed by atoms with Gasteiger partial charge in [0.1, 0.15) is 0 Å². The maximum atomic E-state index is 13.1. The lowest BCUT2D eigenvalue weighted by Crippen LogP contribution is -2.32. The molecule has 0 radical (unpaired) electrons. The number of benzene rings is 1. The van der Waals surface area contributed by atoms with E-state index in [4.69, 9.17) is 0 Å². The van der Waals surface area contributed by atoms with Gasteiger partial charge in [0.2, 0.25) is 10.0 Å². The third-order valence-corrected chi connectivity index (χ3v) is 6.88.